The standard InChI is InChI=1S/C18H20N2O4S/c1-4-12-9-10-15(23-3)16(11-12)25(21,22)20-18-14-8-6-7-13(5-2)17(14)24-19-18/h6-11H,4-5H2,1-3H3,(H,19,20). The van der Waals surface area contributed by atoms with Gasteiger partial charge < -0.3 is 9.26 Å². The van der Waals surface area contributed by atoms with Gasteiger partial charge in [0.15, 0.2) is 11.4 Å². The van der Waals surface area contributed by atoms with Crippen LogP contribution in [0.3, 0.4) is 0 Å². The normalized spacial score (nSPS) is 11.6. The number of ether oxygens (including phenoxy) is 1. The number of benzene rings is 2. The van der Waals surface area contributed by atoms with Gasteiger partial charge in [-0.3, -0.25) is 4.72 Å². The number of nitrogens with zero attached hydrogens (tertiary/aromatic N) is 1. The number of rotatable bonds is 6. The van der Waals surface area contributed by atoms with Crippen molar-refractivity contribution < 1.29 is 17.7 Å². The molecule has 1 heterocycles. The van der Waals surface area contributed by atoms with E-state index in [2.05, 4.69) is 9.88 Å². The van der Waals surface area contributed by atoms with Gasteiger partial charge in [0.25, 0.3) is 10.0 Å². The van der Waals surface area contributed by atoms with E-state index >= 15 is 0 Å². The number of aromatic nitrogens is 1. The van der Waals surface area contributed by atoms with Crippen LogP contribution in [0.2, 0.25) is 0 Å². The number of methoxy groups -OCH3 is 1. The van der Waals surface area contributed by atoms with E-state index < -0.39 is 10.0 Å². The predicted molar refractivity (Wildman–Crippen MR) is 96.6 cm³/mol. The Morgan fingerprint density at radius 2 is 1.96 bits per heavy atom. The van der Waals surface area contributed by atoms with Crippen LogP contribution in [0.5, 0.6) is 5.75 Å². The molecule has 0 spiro atoms. The number of para-hydroxylation sites is 1. The number of anilines is 1. The van der Waals surface area contributed by atoms with E-state index in [1.165, 1.54) is 7.11 Å². The molecule has 0 bridgehead atoms. The van der Waals surface area contributed by atoms with Crippen LogP contribution in [0, 0.1) is 0 Å². The number of fused-ring (bicyclic) bond motifs is 1. The molecular weight excluding hydrogens is 340 g/mol. The Labute approximate surface area is 146 Å². The summed E-state index contributed by atoms with van der Waals surface area (Å²) in [6, 6.07) is 10.7. The molecule has 0 aliphatic heterocycles. The van der Waals surface area contributed by atoms with Gasteiger partial charge in [0.1, 0.15) is 10.6 Å². The molecule has 0 atom stereocenters. The van der Waals surface area contributed by atoms with Crippen molar-refractivity contribution in [1.29, 1.82) is 0 Å². The fourth-order valence-electron chi connectivity index (χ4n) is 2.70. The van der Waals surface area contributed by atoms with Crippen LogP contribution in [0.25, 0.3) is 11.0 Å². The summed E-state index contributed by atoms with van der Waals surface area (Å²) in [5.74, 6) is 0.459. The molecular formula is C18H20N2O4S. The zero-order valence-electron chi connectivity index (χ0n) is 14.4. The molecule has 0 saturated heterocycles. The van der Waals surface area contributed by atoms with E-state index in [-0.39, 0.29) is 16.5 Å². The Balaban J connectivity index is 2.06. The van der Waals surface area contributed by atoms with Crippen molar-refractivity contribution in [2.75, 3.05) is 11.8 Å². The minimum atomic E-state index is -3.87. The van der Waals surface area contributed by atoms with Crippen LogP contribution in [0.1, 0.15) is 25.0 Å². The molecule has 3 aromatic rings. The van der Waals surface area contributed by atoms with E-state index in [0.29, 0.717) is 11.0 Å². The third-order valence-electron chi connectivity index (χ3n) is 4.12. The Morgan fingerprint density at radius 3 is 2.64 bits per heavy atom. The van der Waals surface area contributed by atoms with Gasteiger partial charge in [-0.25, -0.2) is 8.42 Å². The average Bonchev–Trinajstić information content (AvgIpc) is 3.03. The minimum Gasteiger partial charge on any atom is -0.495 e. The summed E-state index contributed by atoms with van der Waals surface area (Å²) >= 11 is 0. The van der Waals surface area contributed by atoms with Crippen molar-refractivity contribution >= 4 is 26.8 Å². The highest BCUT2D eigenvalue weighted by Gasteiger charge is 2.23. The van der Waals surface area contributed by atoms with Crippen LogP contribution in [-0.2, 0) is 22.9 Å². The number of aryl methyl sites for hydroxylation is 2. The van der Waals surface area contributed by atoms with Crippen molar-refractivity contribution in [3.05, 3.63) is 47.5 Å². The van der Waals surface area contributed by atoms with Crippen molar-refractivity contribution in [3.8, 4) is 5.75 Å². The highest BCUT2D eigenvalue weighted by molar-refractivity contribution is 7.92. The molecule has 2 aromatic carbocycles. The fraction of sp³-hybridized carbons (Fsp3) is 0.278. The molecule has 0 amide bonds. The average molecular weight is 360 g/mol. The molecule has 25 heavy (non-hydrogen) atoms. The van der Waals surface area contributed by atoms with Gasteiger partial charge in [0.2, 0.25) is 0 Å². The minimum absolute atomic E-state index is 0.0807. The van der Waals surface area contributed by atoms with Crippen LogP contribution >= 0.6 is 0 Å². The molecule has 0 radical (unpaired) electrons. The molecule has 0 aliphatic rings. The fourth-order valence-corrected chi connectivity index (χ4v) is 3.94. The second kappa shape index (κ2) is 6.76. The first-order chi connectivity index (χ1) is 12.0. The number of hydrogen-bond acceptors (Lipinski definition) is 5. The summed E-state index contributed by atoms with van der Waals surface area (Å²) in [4.78, 5) is 0.0807. The molecule has 0 fully saturated rings. The molecule has 0 saturated carbocycles. The lowest BCUT2D eigenvalue weighted by molar-refractivity contribution is 0.402. The van der Waals surface area contributed by atoms with Gasteiger partial charge in [-0.1, -0.05) is 37.2 Å². The summed E-state index contributed by atoms with van der Waals surface area (Å²) < 4.78 is 38.8. The molecule has 1 aromatic heterocycles. The number of hydrogen-bond donors (Lipinski definition) is 1. The Hall–Kier alpha value is -2.54. The van der Waals surface area contributed by atoms with Gasteiger partial charge in [-0.15, -0.1) is 0 Å². The third-order valence-corrected chi connectivity index (χ3v) is 5.48. The highest BCUT2D eigenvalue weighted by Crippen LogP contribution is 2.31. The maximum atomic E-state index is 12.9. The van der Waals surface area contributed by atoms with Crippen molar-refractivity contribution in [1.82, 2.24) is 5.16 Å². The van der Waals surface area contributed by atoms with Crippen LogP contribution in [0.15, 0.2) is 45.8 Å². The second-order valence-electron chi connectivity index (χ2n) is 5.62. The quantitative estimate of drug-likeness (QED) is 0.724. The summed E-state index contributed by atoms with van der Waals surface area (Å²) in [5, 5.41) is 4.54. The molecule has 1 N–H and O–H groups in total. The van der Waals surface area contributed by atoms with E-state index in [9.17, 15) is 8.42 Å². The van der Waals surface area contributed by atoms with Gasteiger partial charge >= 0.3 is 0 Å². The van der Waals surface area contributed by atoms with E-state index in [0.717, 1.165) is 24.0 Å². The lowest BCUT2D eigenvalue weighted by Crippen LogP contribution is -2.15. The SMILES string of the molecule is CCc1ccc(OC)c(S(=O)(=O)Nc2noc3c(CC)cccc23)c1. The molecule has 0 unspecified atom stereocenters. The van der Waals surface area contributed by atoms with E-state index in [1.807, 2.05) is 32.0 Å². The van der Waals surface area contributed by atoms with Crippen molar-refractivity contribution in [3.63, 3.8) is 0 Å². The smallest absolute Gasteiger partial charge is 0.266 e. The van der Waals surface area contributed by atoms with Crippen molar-refractivity contribution in [2.45, 2.75) is 31.6 Å². The van der Waals surface area contributed by atoms with Gasteiger partial charge in [-0.05, 0) is 42.2 Å². The lowest BCUT2D eigenvalue weighted by atomic mass is 10.1. The first kappa shape index (κ1) is 17.3. The first-order valence-electron chi connectivity index (χ1n) is 8.07. The Kier molecular flexibility index (Phi) is 4.67. The van der Waals surface area contributed by atoms with Gasteiger partial charge in [0, 0.05) is 0 Å². The molecule has 6 nitrogen and oxygen atoms in total. The number of nitrogens with one attached hydrogen (secondary N) is 1. The zero-order valence-corrected chi connectivity index (χ0v) is 15.2. The summed E-state index contributed by atoms with van der Waals surface area (Å²) in [7, 11) is -2.42. The van der Waals surface area contributed by atoms with Crippen LogP contribution < -0.4 is 9.46 Å². The maximum Gasteiger partial charge on any atom is 0.266 e. The van der Waals surface area contributed by atoms with Crippen LogP contribution in [0.4, 0.5) is 5.82 Å². The second-order valence-corrected chi connectivity index (χ2v) is 7.27. The molecule has 3 rings (SSSR count). The van der Waals surface area contributed by atoms with Crippen molar-refractivity contribution in [2.24, 2.45) is 0 Å². The molecule has 132 valence electrons. The van der Waals surface area contributed by atoms with E-state index in [4.69, 9.17) is 9.26 Å². The Bertz CT molecular complexity index is 1010. The molecule has 7 heteroatoms. The largest absolute Gasteiger partial charge is 0.495 e. The highest BCUT2D eigenvalue weighted by atomic mass is 32.2. The maximum absolute atomic E-state index is 12.9. The molecule has 0 aliphatic carbocycles. The van der Waals surface area contributed by atoms with Gasteiger partial charge in [0.05, 0.1) is 12.5 Å². The number of sulfonamides is 1. The van der Waals surface area contributed by atoms with Crippen LogP contribution in [-0.4, -0.2) is 20.7 Å². The summed E-state index contributed by atoms with van der Waals surface area (Å²) in [5.41, 5.74) is 2.47. The third kappa shape index (κ3) is 3.19. The summed E-state index contributed by atoms with van der Waals surface area (Å²) in [6.45, 7) is 3.96. The van der Waals surface area contributed by atoms with Gasteiger partial charge in [-0.2, -0.15) is 0 Å². The lowest BCUT2D eigenvalue weighted by Gasteiger charge is -2.11. The van der Waals surface area contributed by atoms with E-state index in [1.54, 1.807) is 18.2 Å². The predicted octanol–water partition coefficient (Wildman–Crippen LogP) is 3.76. The zero-order chi connectivity index (χ0) is 18.0. The Morgan fingerprint density at radius 1 is 1.16 bits per heavy atom. The topological polar surface area (TPSA) is 81.4 Å². The first-order valence-corrected chi connectivity index (χ1v) is 9.55. The monoisotopic (exact) mass is 360 g/mol. The summed E-state index contributed by atoms with van der Waals surface area (Å²) in [6.07, 6.45) is 1.49.